The topological polar surface area (TPSA) is 45.2 Å². The monoisotopic (exact) mass is 379 g/mol. The lowest BCUT2D eigenvalue weighted by Crippen LogP contribution is -2.47. The molecule has 1 aliphatic heterocycles. The number of benzene rings is 2. The Morgan fingerprint density at radius 1 is 1.19 bits per heavy atom. The molecule has 0 radical (unpaired) electrons. The molecule has 3 aromatic rings. The summed E-state index contributed by atoms with van der Waals surface area (Å²) in [5.41, 5.74) is 3.06. The van der Waals surface area contributed by atoms with Crippen molar-refractivity contribution in [2.75, 3.05) is 20.1 Å². The third kappa shape index (κ3) is 3.55. The van der Waals surface area contributed by atoms with Gasteiger partial charge in [-0.1, -0.05) is 48.0 Å². The van der Waals surface area contributed by atoms with E-state index in [2.05, 4.69) is 5.32 Å². The van der Waals surface area contributed by atoms with Crippen LogP contribution >= 0.6 is 11.6 Å². The molecule has 0 aliphatic carbocycles. The van der Waals surface area contributed by atoms with Gasteiger partial charge in [-0.3, -0.25) is 4.79 Å². The number of hydrogen-bond donors (Lipinski definition) is 1. The lowest BCUT2D eigenvalue weighted by molar-refractivity contribution is 0.0700. The molecule has 0 spiro atoms. The molecule has 138 valence electrons. The van der Waals surface area contributed by atoms with Gasteiger partial charge in [-0.2, -0.15) is 0 Å². The molecular formula is C22H22ClN3O. The summed E-state index contributed by atoms with van der Waals surface area (Å²) < 4.78 is 0. The molecule has 1 amide bonds. The summed E-state index contributed by atoms with van der Waals surface area (Å²) in [6.07, 6.45) is 2.11. The highest BCUT2D eigenvalue weighted by Gasteiger charge is 2.25. The van der Waals surface area contributed by atoms with E-state index < -0.39 is 0 Å². The summed E-state index contributed by atoms with van der Waals surface area (Å²) in [5, 5.41) is 4.81. The predicted octanol–water partition coefficient (Wildman–Crippen LogP) is 4.38. The van der Waals surface area contributed by atoms with Crippen molar-refractivity contribution in [2.45, 2.75) is 18.9 Å². The summed E-state index contributed by atoms with van der Waals surface area (Å²) in [4.78, 5) is 20.1. The van der Waals surface area contributed by atoms with Crippen LogP contribution in [0.4, 0.5) is 0 Å². The number of piperidine rings is 1. The van der Waals surface area contributed by atoms with Crippen LogP contribution in [0.3, 0.4) is 0 Å². The lowest BCUT2D eigenvalue weighted by atomic mass is 10.0. The molecule has 4 nitrogen and oxygen atoms in total. The Labute approximate surface area is 164 Å². The van der Waals surface area contributed by atoms with Crippen molar-refractivity contribution in [1.29, 1.82) is 0 Å². The fourth-order valence-corrected chi connectivity index (χ4v) is 3.96. The number of rotatable bonds is 3. The molecular weight excluding hydrogens is 358 g/mol. The minimum atomic E-state index is 0.0573. The molecule has 1 aromatic heterocycles. The van der Waals surface area contributed by atoms with Crippen molar-refractivity contribution < 1.29 is 4.79 Å². The Morgan fingerprint density at radius 2 is 1.96 bits per heavy atom. The molecule has 27 heavy (non-hydrogen) atoms. The van der Waals surface area contributed by atoms with E-state index in [1.165, 1.54) is 0 Å². The minimum absolute atomic E-state index is 0.0573. The zero-order valence-corrected chi connectivity index (χ0v) is 16.0. The first kappa shape index (κ1) is 18.0. The minimum Gasteiger partial charge on any atom is -0.337 e. The number of nitrogens with one attached hydrogen (secondary N) is 1. The third-order valence-corrected chi connectivity index (χ3v) is 5.54. The molecule has 1 unspecified atom stereocenters. The number of carbonyl (C=O) groups is 1. The van der Waals surface area contributed by atoms with Gasteiger partial charge in [0.1, 0.15) is 0 Å². The first-order chi connectivity index (χ1) is 13.2. The van der Waals surface area contributed by atoms with Gasteiger partial charge in [0.15, 0.2) is 0 Å². The third-order valence-electron chi connectivity index (χ3n) is 5.21. The number of carbonyl (C=O) groups excluding carboxylic acids is 1. The molecule has 1 atom stereocenters. The maximum atomic E-state index is 13.4. The maximum Gasteiger partial charge on any atom is 0.254 e. The summed E-state index contributed by atoms with van der Waals surface area (Å²) in [6.45, 7) is 1.52. The number of aromatic nitrogens is 1. The average Bonchev–Trinajstić information content (AvgIpc) is 2.73. The van der Waals surface area contributed by atoms with Crippen molar-refractivity contribution in [3.05, 3.63) is 65.2 Å². The van der Waals surface area contributed by atoms with E-state index in [1.807, 2.05) is 66.5 Å². The number of likely N-dealkylation sites (tertiary alicyclic amines) is 1. The van der Waals surface area contributed by atoms with Gasteiger partial charge in [-0.05, 0) is 38.1 Å². The van der Waals surface area contributed by atoms with E-state index in [-0.39, 0.29) is 5.91 Å². The van der Waals surface area contributed by atoms with E-state index in [4.69, 9.17) is 16.6 Å². The number of fused-ring (bicyclic) bond motifs is 1. The number of likely N-dealkylation sites (N-methyl/N-ethyl adjacent to an activating group) is 1. The second-order valence-electron chi connectivity index (χ2n) is 6.93. The van der Waals surface area contributed by atoms with Crippen molar-refractivity contribution in [2.24, 2.45) is 0 Å². The molecule has 0 saturated carbocycles. The van der Waals surface area contributed by atoms with Crippen molar-refractivity contribution in [1.82, 2.24) is 15.2 Å². The molecule has 0 bridgehead atoms. The Bertz CT molecular complexity index is 988. The van der Waals surface area contributed by atoms with Gasteiger partial charge in [0.05, 0.1) is 16.8 Å². The van der Waals surface area contributed by atoms with Gasteiger partial charge in [0, 0.05) is 35.1 Å². The fourth-order valence-electron chi connectivity index (χ4n) is 3.73. The highest BCUT2D eigenvalue weighted by molar-refractivity contribution is 6.33. The van der Waals surface area contributed by atoms with E-state index in [0.29, 0.717) is 16.6 Å². The van der Waals surface area contributed by atoms with Crippen LogP contribution in [0, 0.1) is 0 Å². The largest absolute Gasteiger partial charge is 0.337 e. The molecule has 2 aromatic carbocycles. The molecule has 1 N–H and O–H groups in total. The predicted molar refractivity (Wildman–Crippen MR) is 110 cm³/mol. The van der Waals surface area contributed by atoms with Gasteiger partial charge in [-0.25, -0.2) is 4.98 Å². The second kappa shape index (κ2) is 7.67. The second-order valence-corrected chi connectivity index (χ2v) is 7.34. The number of amides is 1. The quantitative estimate of drug-likeness (QED) is 0.734. The molecule has 5 heteroatoms. The van der Waals surface area contributed by atoms with E-state index in [1.54, 1.807) is 0 Å². The molecule has 4 rings (SSSR count). The van der Waals surface area contributed by atoms with Crippen LogP contribution in [0.5, 0.6) is 0 Å². The van der Waals surface area contributed by atoms with Crippen LogP contribution in [-0.4, -0.2) is 42.0 Å². The highest BCUT2D eigenvalue weighted by atomic mass is 35.5. The van der Waals surface area contributed by atoms with E-state index in [0.717, 1.165) is 48.1 Å². The van der Waals surface area contributed by atoms with Crippen LogP contribution in [0.1, 0.15) is 23.2 Å². The number of para-hydroxylation sites is 1. The van der Waals surface area contributed by atoms with Crippen LogP contribution < -0.4 is 5.32 Å². The maximum absolute atomic E-state index is 13.4. The zero-order valence-electron chi connectivity index (χ0n) is 15.3. The highest BCUT2D eigenvalue weighted by Crippen LogP contribution is 2.30. The lowest BCUT2D eigenvalue weighted by Gasteiger charge is -2.33. The van der Waals surface area contributed by atoms with Gasteiger partial charge >= 0.3 is 0 Å². The average molecular weight is 380 g/mol. The van der Waals surface area contributed by atoms with Gasteiger partial charge in [0.2, 0.25) is 0 Å². The van der Waals surface area contributed by atoms with Crippen LogP contribution in [0.15, 0.2) is 54.6 Å². The SMILES string of the molecule is CNC1CCCN(C(=O)c2cc(-c3ccccc3Cl)nc3ccccc23)C1. The number of nitrogens with zero attached hydrogens (tertiary/aromatic N) is 2. The number of halogens is 1. The summed E-state index contributed by atoms with van der Waals surface area (Å²) in [5.74, 6) is 0.0573. The van der Waals surface area contributed by atoms with Crippen molar-refractivity contribution in [3.8, 4) is 11.3 Å². The molecule has 2 heterocycles. The van der Waals surface area contributed by atoms with Gasteiger partial charge < -0.3 is 10.2 Å². The fraction of sp³-hybridized carbons (Fsp3) is 0.273. The Kier molecular flexibility index (Phi) is 5.10. The number of pyridine rings is 1. The summed E-state index contributed by atoms with van der Waals surface area (Å²) >= 11 is 6.38. The van der Waals surface area contributed by atoms with E-state index in [9.17, 15) is 4.79 Å². The van der Waals surface area contributed by atoms with E-state index >= 15 is 0 Å². The van der Waals surface area contributed by atoms with Crippen LogP contribution in [-0.2, 0) is 0 Å². The Hall–Kier alpha value is -2.43. The van der Waals surface area contributed by atoms with Gasteiger partial charge in [-0.15, -0.1) is 0 Å². The zero-order chi connectivity index (χ0) is 18.8. The first-order valence-electron chi connectivity index (χ1n) is 9.28. The van der Waals surface area contributed by atoms with Gasteiger partial charge in [0.25, 0.3) is 5.91 Å². The van der Waals surface area contributed by atoms with Crippen molar-refractivity contribution in [3.63, 3.8) is 0 Å². The Morgan fingerprint density at radius 3 is 2.78 bits per heavy atom. The Balaban J connectivity index is 1.81. The first-order valence-corrected chi connectivity index (χ1v) is 9.66. The smallest absolute Gasteiger partial charge is 0.254 e. The standard InChI is InChI=1S/C22H22ClN3O/c1-24-15-7-6-12-26(14-15)22(27)18-13-21(17-9-2-4-10-19(17)23)25-20-11-5-3-8-16(18)20/h2-5,8-11,13,15,24H,6-7,12,14H2,1H3. The summed E-state index contributed by atoms with van der Waals surface area (Å²) in [6, 6.07) is 17.6. The van der Waals surface area contributed by atoms with Crippen LogP contribution in [0.2, 0.25) is 5.02 Å². The molecule has 1 aliphatic rings. The van der Waals surface area contributed by atoms with Crippen molar-refractivity contribution >= 4 is 28.4 Å². The van der Waals surface area contributed by atoms with Crippen LogP contribution in [0.25, 0.3) is 22.2 Å². The molecule has 1 fully saturated rings. The molecule has 1 saturated heterocycles. The summed E-state index contributed by atoms with van der Waals surface area (Å²) in [7, 11) is 1.95. The normalized spacial score (nSPS) is 17.3. The number of hydrogen-bond acceptors (Lipinski definition) is 3.